The Morgan fingerprint density at radius 1 is 1.11 bits per heavy atom. The van der Waals surface area contributed by atoms with Crippen LogP contribution in [0.5, 0.6) is 0 Å². The second-order valence-corrected chi connectivity index (χ2v) is 4.86. The number of carbonyl (C=O) groups excluding carboxylic acids is 2. The molecule has 19 heavy (non-hydrogen) atoms. The van der Waals surface area contributed by atoms with Gasteiger partial charge in [0, 0.05) is 10.0 Å². The van der Waals surface area contributed by atoms with Crippen LogP contribution in [-0.2, 0) is 4.79 Å². The summed E-state index contributed by atoms with van der Waals surface area (Å²) in [5, 5.41) is 0. The first kappa shape index (κ1) is 13.6. The van der Waals surface area contributed by atoms with Gasteiger partial charge >= 0.3 is 0 Å². The second kappa shape index (κ2) is 5.89. The maximum atomic E-state index is 12.9. The number of hydrogen-bond acceptors (Lipinski definition) is 2. The highest BCUT2D eigenvalue weighted by Gasteiger charge is 2.22. The molecule has 0 aliphatic heterocycles. The van der Waals surface area contributed by atoms with E-state index in [4.69, 9.17) is 0 Å². The average molecular weight is 321 g/mol. The van der Waals surface area contributed by atoms with Gasteiger partial charge in [-0.05, 0) is 23.8 Å². The Hall–Kier alpha value is -1.81. The summed E-state index contributed by atoms with van der Waals surface area (Å²) in [6.45, 7) is 0. The lowest BCUT2D eigenvalue weighted by Gasteiger charge is -2.11. The van der Waals surface area contributed by atoms with Crippen LogP contribution in [0.15, 0.2) is 53.0 Å². The Labute approximate surface area is 118 Å². The number of Topliss-reactive ketones (excluding diaryl/α,β-unsaturated/α-hetero) is 1. The van der Waals surface area contributed by atoms with Crippen molar-refractivity contribution in [3.05, 3.63) is 69.9 Å². The zero-order valence-corrected chi connectivity index (χ0v) is 11.4. The van der Waals surface area contributed by atoms with Crippen LogP contribution in [0.2, 0.25) is 0 Å². The minimum Gasteiger partial charge on any atom is -0.302 e. The standard InChI is InChI=1S/C15H10BrFO2/c16-14-4-2-1-3-12(14)15(19)13(9-18)10-5-7-11(17)8-6-10/h1-9,13H. The van der Waals surface area contributed by atoms with Gasteiger partial charge in [0.05, 0.1) is 0 Å². The molecule has 0 heterocycles. The number of carbonyl (C=O) groups is 2. The number of benzene rings is 2. The lowest BCUT2D eigenvalue weighted by Crippen LogP contribution is -2.14. The monoisotopic (exact) mass is 320 g/mol. The van der Waals surface area contributed by atoms with Crippen LogP contribution < -0.4 is 0 Å². The highest BCUT2D eigenvalue weighted by atomic mass is 79.9. The van der Waals surface area contributed by atoms with Gasteiger partial charge < -0.3 is 4.79 Å². The summed E-state index contributed by atoms with van der Waals surface area (Å²) in [5.74, 6) is -1.63. The molecule has 2 aromatic rings. The second-order valence-electron chi connectivity index (χ2n) is 4.01. The van der Waals surface area contributed by atoms with Crippen molar-refractivity contribution in [3.63, 3.8) is 0 Å². The van der Waals surface area contributed by atoms with Gasteiger partial charge in [-0.15, -0.1) is 0 Å². The number of ketones is 1. The molecule has 0 aromatic heterocycles. The molecule has 0 amide bonds. The van der Waals surface area contributed by atoms with Crippen molar-refractivity contribution in [2.75, 3.05) is 0 Å². The molecule has 0 spiro atoms. The highest BCUT2D eigenvalue weighted by molar-refractivity contribution is 9.10. The molecule has 0 bridgehead atoms. The molecule has 0 fully saturated rings. The first-order chi connectivity index (χ1) is 9.13. The predicted octanol–water partition coefficient (Wildman–Crippen LogP) is 3.75. The molecular weight excluding hydrogens is 311 g/mol. The third-order valence-electron chi connectivity index (χ3n) is 2.79. The van der Waals surface area contributed by atoms with E-state index < -0.39 is 11.7 Å². The third-order valence-corrected chi connectivity index (χ3v) is 3.48. The fourth-order valence-corrected chi connectivity index (χ4v) is 2.27. The van der Waals surface area contributed by atoms with Crippen LogP contribution in [0, 0.1) is 5.82 Å². The SMILES string of the molecule is O=CC(C(=O)c1ccccc1Br)c1ccc(F)cc1. The molecule has 0 N–H and O–H groups in total. The van der Waals surface area contributed by atoms with Crippen LogP contribution >= 0.6 is 15.9 Å². The number of aldehydes is 1. The van der Waals surface area contributed by atoms with Crippen molar-refractivity contribution in [1.29, 1.82) is 0 Å². The van der Waals surface area contributed by atoms with Gasteiger partial charge in [-0.1, -0.05) is 46.3 Å². The lowest BCUT2D eigenvalue weighted by atomic mass is 9.92. The maximum absolute atomic E-state index is 12.9. The van der Waals surface area contributed by atoms with E-state index in [0.29, 0.717) is 21.9 Å². The molecule has 2 aromatic carbocycles. The van der Waals surface area contributed by atoms with E-state index in [1.165, 1.54) is 24.3 Å². The van der Waals surface area contributed by atoms with Crippen LogP contribution in [0.1, 0.15) is 21.8 Å². The normalized spacial score (nSPS) is 11.9. The zero-order valence-electron chi connectivity index (χ0n) is 9.85. The Kier molecular flexibility index (Phi) is 4.22. The molecule has 1 atom stereocenters. The molecule has 2 rings (SSSR count). The minimum absolute atomic E-state index is 0.311. The summed E-state index contributed by atoms with van der Waals surface area (Å²) in [4.78, 5) is 23.5. The Balaban J connectivity index is 2.38. The number of halogens is 2. The van der Waals surface area contributed by atoms with Gasteiger partial charge in [-0.3, -0.25) is 4.79 Å². The zero-order chi connectivity index (χ0) is 13.8. The van der Waals surface area contributed by atoms with E-state index in [-0.39, 0.29) is 5.78 Å². The molecule has 0 saturated carbocycles. The molecule has 2 nitrogen and oxygen atoms in total. The molecule has 0 saturated heterocycles. The number of rotatable bonds is 4. The van der Waals surface area contributed by atoms with E-state index in [1.54, 1.807) is 24.3 Å². The van der Waals surface area contributed by atoms with Crippen LogP contribution in [0.25, 0.3) is 0 Å². The van der Waals surface area contributed by atoms with Gasteiger partial charge in [0.15, 0.2) is 5.78 Å². The molecule has 0 aliphatic carbocycles. The van der Waals surface area contributed by atoms with Gasteiger partial charge in [0.25, 0.3) is 0 Å². The van der Waals surface area contributed by atoms with E-state index in [1.807, 2.05) is 0 Å². The molecule has 1 unspecified atom stereocenters. The topological polar surface area (TPSA) is 34.1 Å². The van der Waals surface area contributed by atoms with Crippen molar-refractivity contribution in [2.45, 2.75) is 5.92 Å². The van der Waals surface area contributed by atoms with Gasteiger partial charge in [0.2, 0.25) is 0 Å². The first-order valence-corrected chi connectivity index (χ1v) is 6.42. The summed E-state index contributed by atoms with van der Waals surface area (Å²) in [6.07, 6.45) is 0.578. The van der Waals surface area contributed by atoms with Gasteiger partial charge in [0.1, 0.15) is 18.0 Å². The van der Waals surface area contributed by atoms with E-state index in [9.17, 15) is 14.0 Å². The third kappa shape index (κ3) is 2.96. The van der Waals surface area contributed by atoms with Crippen LogP contribution in [-0.4, -0.2) is 12.1 Å². The fraction of sp³-hybridized carbons (Fsp3) is 0.0667. The van der Waals surface area contributed by atoms with E-state index >= 15 is 0 Å². The predicted molar refractivity (Wildman–Crippen MR) is 73.7 cm³/mol. The maximum Gasteiger partial charge on any atom is 0.178 e. The molecule has 4 heteroatoms. The smallest absolute Gasteiger partial charge is 0.178 e. The highest BCUT2D eigenvalue weighted by Crippen LogP contribution is 2.24. The number of hydrogen-bond donors (Lipinski definition) is 0. The van der Waals surface area contributed by atoms with Crippen molar-refractivity contribution in [3.8, 4) is 0 Å². The summed E-state index contributed by atoms with van der Waals surface area (Å²) in [5.41, 5.74) is 0.918. The molecular formula is C15H10BrFO2. The quantitative estimate of drug-likeness (QED) is 0.488. The van der Waals surface area contributed by atoms with E-state index in [2.05, 4.69) is 15.9 Å². The summed E-state index contributed by atoms with van der Waals surface area (Å²) in [6, 6.07) is 12.3. The Bertz CT molecular complexity index is 608. The Morgan fingerprint density at radius 3 is 2.32 bits per heavy atom. The van der Waals surface area contributed by atoms with E-state index in [0.717, 1.165) is 0 Å². The van der Waals surface area contributed by atoms with Crippen molar-refractivity contribution < 1.29 is 14.0 Å². The average Bonchev–Trinajstić information content (AvgIpc) is 2.42. The summed E-state index contributed by atoms with van der Waals surface area (Å²) < 4.78 is 13.5. The molecule has 96 valence electrons. The summed E-state index contributed by atoms with van der Waals surface area (Å²) in [7, 11) is 0. The van der Waals surface area contributed by atoms with Gasteiger partial charge in [-0.2, -0.15) is 0 Å². The molecule has 0 aliphatic rings. The van der Waals surface area contributed by atoms with Crippen LogP contribution in [0.3, 0.4) is 0 Å². The van der Waals surface area contributed by atoms with Crippen LogP contribution in [0.4, 0.5) is 4.39 Å². The molecule has 0 radical (unpaired) electrons. The van der Waals surface area contributed by atoms with Crippen molar-refractivity contribution >= 4 is 28.0 Å². The largest absolute Gasteiger partial charge is 0.302 e. The minimum atomic E-state index is -0.917. The van der Waals surface area contributed by atoms with Gasteiger partial charge in [-0.25, -0.2) is 4.39 Å². The first-order valence-electron chi connectivity index (χ1n) is 5.63. The van der Waals surface area contributed by atoms with Crippen molar-refractivity contribution in [1.82, 2.24) is 0 Å². The lowest BCUT2D eigenvalue weighted by molar-refractivity contribution is -0.108. The van der Waals surface area contributed by atoms with Crippen molar-refractivity contribution in [2.24, 2.45) is 0 Å². The Morgan fingerprint density at radius 2 is 1.74 bits per heavy atom. The fourth-order valence-electron chi connectivity index (χ4n) is 1.79. The summed E-state index contributed by atoms with van der Waals surface area (Å²) >= 11 is 3.28.